The Morgan fingerprint density at radius 2 is 1.46 bits per heavy atom. The van der Waals surface area contributed by atoms with Gasteiger partial charge in [-0.2, -0.15) is 10.2 Å². The molecule has 2 fully saturated rings. The second-order valence-corrected chi connectivity index (χ2v) is 11.0. The maximum Gasteiger partial charge on any atom is 0.413 e. The lowest BCUT2D eigenvalue weighted by Crippen LogP contribution is -2.27. The third-order valence-corrected chi connectivity index (χ3v) is 4.87. The molecule has 0 saturated heterocycles. The monoisotopic (exact) mass is 490 g/mol. The zero-order chi connectivity index (χ0) is 26.0. The van der Waals surface area contributed by atoms with Crippen LogP contribution < -0.4 is 10.6 Å². The van der Waals surface area contributed by atoms with Gasteiger partial charge < -0.3 is 14.6 Å². The van der Waals surface area contributed by atoms with E-state index in [4.69, 9.17) is 9.47 Å². The Labute approximate surface area is 206 Å². The molecule has 4 rings (SSSR count). The number of aliphatic hydroxyl groups excluding tert-OH is 1. The van der Waals surface area contributed by atoms with Crippen LogP contribution in [0.5, 0.6) is 0 Å². The lowest BCUT2D eigenvalue weighted by molar-refractivity contribution is 0.0623. The number of carbonyl (C=O) groups excluding carboxylic acids is 2. The Morgan fingerprint density at radius 3 is 1.91 bits per heavy atom. The van der Waals surface area contributed by atoms with E-state index in [1.54, 1.807) is 44.5 Å². The van der Waals surface area contributed by atoms with Crippen molar-refractivity contribution < 1.29 is 24.2 Å². The molecule has 0 aromatic carbocycles. The van der Waals surface area contributed by atoms with E-state index in [9.17, 15) is 14.7 Å². The van der Waals surface area contributed by atoms with Crippen LogP contribution in [0.1, 0.15) is 98.0 Å². The van der Waals surface area contributed by atoms with Crippen LogP contribution in [0.3, 0.4) is 0 Å². The molecule has 0 spiro atoms. The van der Waals surface area contributed by atoms with Gasteiger partial charge in [0.15, 0.2) is 11.6 Å². The standard InChI is InChI=1S/C13H21N3O3.C11H17N3O2/c1-8(17)10-7-11(15-16(10)9-5-6-9)14-12(18)19-13(2,3)4;1-11(2,3)16-10(15)12-9-6-7-14(13-9)8-4-5-8/h7-9,17H,5-6H2,1-4H3,(H,14,15,18);6-8H,4-5H2,1-3H3,(H,12,13,15). The van der Waals surface area contributed by atoms with Gasteiger partial charge in [0.25, 0.3) is 0 Å². The number of hydrogen-bond donors (Lipinski definition) is 3. The molecule has 2 heterocycles. The van der Waals surface area contributed by atoms with Gasteiger partial charge in [-0.25, -0.2) is 9.59 Å². The van der Waals surface area contributed by atoms with E-state index < -0.39 is 29.5 Å². The number of carbonyl (C=O) groups is 2. The van der Waals surface area contributed by atoms with E-state index in [1.807, 2.05) is 31.6 Å². The van der Waals surface area contributed by atoms with E-state index in [0.29, 0.717) is 29.4 Å². The van der Waals surface area contributed by atoms with E-state index in [2.05, 4.69) is 20.8 Å². The fraction of sp³-hybridized carbons (Fsp3) is 0.667. The normalized spacial score (nSPS) is 16.6. The largest absolute Gasteiger partial charge is 0.444 e. The molecular weight excluding hydrogens is 452 g/mol. The first-order valence-electron chi connectivity index (χ1n) is 12.0. The van der Waals surface area contributed by atoms with Gasteiger partial charge in [0, 0.05) is 18.3 Å². The Bertz CT molecular complexity index is 1000. The summed E-state index contributed by atoms with van der Waals surface area (Å²) in [5.41, 5.74) is -0.312. The zero-order valence-electron chi connectivity index (χ0n) is 21.7. The molecule has 3 N–H and O–H groups in total. The van der Waals surface area contributed by atoms with Crippen molar-refractivity contribution in [3.8, 4) is 0 Å². The van der Waals surface area contributed by atoms with Crippen LogP contribution in [0.4, 0.5) is 21.2 Å². The van der Waals surface area contributed by atoms with Crippen molar-refractivity contribution in [3.05, 3.63) is 24.0 Å². The highest BCUT2D eigenvalue weighted by Crippen LogP contribution is 2.37. The van der Waals surface area contributed by atoms with E-state index in [1.165, 1.54) is 12.8 Å². The van der Waals surface area contributed by atoms with Gasteiger partial charge in [-0.15, -0.1) is 0 Å². The third-order valence-electron chi connectivity index (χ3n) is 4.87. The van der Waals surface area contributed by atoms with Crippen molar-refractivity contribution >= 4 is 23.8 Å². The van der Waals surface area contributed by atoms with Crippen molar-refractivity contribution in [2.45, 2.75) is 104 Å². The van der Waals surface area contributed by atoms with Crippen LogP contribution in [0, 0.1) is 0 Å². The zero-order valence-corrected chi connectivity index (χ0v) is 21.7. The third kappa shape index (κ3) is 8.89. The Kier molecular flexibility index (Phi) is 7.78. The summed E-state index contributed by atoms with van der Waals surface area (Å²) in [7, 11) is 0. The maximum absolute atomic E-state index is 11.7. The highest BCUT2D eigenvalue weighted by molar-refractivity contribution is 5.84. The number of aromatic nitrogens is 4. The molecule has 0 bridgehead atoms. The Morgan fingerprint density at radius 1 is 0.943 bits per heavy atom. The summed E-state index contributed by atoms with van der Waals surface area (Å²) in [4.78, 5) is 23.1. The molecule has 11 nitrogen and oxygen atoms in total. The first-order valence-corrected chi connectivity index (χ1v) is 12.0. The molecule has 0 radical (unpaired) electrons. The topological polar surface area (TPSA) is 133 Å². The smallest absolute Gasteiger partial charge is 0.413 e. The van der Waals surface area contributed by atoms with Gasteiger partial charge >= 0.3 is 12.2 Å². The van der Waals surface area contributed by atoms with Crippen LogP contribution in [-0.4, -0.2) is 48.1 Å². The minimum Gasteiger partial charge on any atom is -0.444 e. The van der Waals surface area contributed by atoms with Crippen LogP contribution in [0.15, 0.2) is 18.3 Å². The predicted octanol–water partition coefficient (Wildman–Crippen LogP) is 5.18. The van der Waals surface area contributed by atoms with Crippen LogP contribution in [-0.2, 0) is 9.47 Å². The molecule has 2 aromatic heterocycles. The first-order chi connectivity index (χ1) is 16.2. The molecule has 1 unspecified atom stereocenters. The number of nitrogens with one attached hydrogen (secondary N) is 2. The molecule has 11 heteroatoms. The summed E-state index contributed by atoms with van der Waals surface area (Å²) >= 11 is 0. The molecule has 2 aliphatic rings. The Balaban J connectivity index is 0.000000198. The van der Waals surface area contributed by atoms with E-state index >= 15 is 0 Å². The molecule has 35 heavy (non-hydrogen) atoms. The molecule has 2 aromatic rings. The van der Waals surface area contributed by atoms with Crippen LogP contribution in [0.2, 0.25) is 0 Å². The minimum absolute atomic E-state index is 0.346. The molecule has 2 amide bonds. The number of rotatable bonds is 5. The number of anilines is 2. The van der Waals surface area contributed by atoms with Gasteiger partial charge in [-0.05, 0) is 74.1 Å². The number of ether oxygens (including phenoxy) is 2. The molecule has 2 saturated carbocycles. The molecule has 1 atom stereocenters. The fourth-order valence-corrected chi connectivity index (χ4v) is 3.16. The minimum atomic E-state index is -0.609. The number of nitrogens with zero attached hydrogens (tertiary/aromatic N) is 4. The van der Waals surface area contributed by atoms with Crippen LogP contribution >= 0.6 is 0 Å². The van der Waals surface area contributed by atoms with Crippen molar-refractivity contribution in [3.63, 3.8) is 0 Å². The summed E-state index contributed by atoms with van der Waals surface area (Å²) in [6.07, 6.45) is 4.74. The maximum atomic E-state index is 11.7. The van der Waals surface area contributed by atoms with Crippen molar-refractivity contribution in [2.24, 2.45) is 0 Å². The average Bonchev–Trinajstić information content (AvgIpc) is 3.61. The van der Waals surface area contributed by atoms with Gasteiger partial charge in [0.2, 0.25) is 0 Å². The van der Waals surface area contributed by atoms with Crippen LogP contribution in [0.25, 0.3) is 0 Å². The molecule has 0 aliphatic heterocycles. The highest BCUT2D eigenvalue weighted by atomic mass is 16.6. The molecular formula is C24H38N6O5. The summed E-state index contributed by atoms with van der Waals surface area (Å²) in [6, 6.07) is 4.34. The summed E-state index contributed by atoms with van der Waals surface area (Å²) in [5, 5.41) is 23.5. The quantitative estimate of drug-likeness (QED) is 0.526. The van der Waals surface area contributed by atoms with Gasteiger partial charge in [-0.3, -0.25) is 20.0 Å². The first kappa shape index (κ1) is 26.5. The lowest BCUT2D eigenvalue weighted by atomic mass is 10.2. The average molecular weight is 491 g/mol. The van der Waals surface area contributed by atoms with Crippen molar-refractivity contribution in [1.82, 2.24) is 19.6 Å². The summed E-state index contributed by atoms with van der Waals surface area (Å²) in [6.45, 7) is 12.6. The summed E-state index contributed by atoms with van der Waals surface area (Å²) < 4.78 is 14.0. The molecule has 194 valence electrons. The predicted molar refractivity (Wildman–Crippen MR) is 131 cm³/mol. The number of hydrogen-bond acceptors (Lipinski definition) is 7. The SMILES string of the molecule is CC(C)(C)OC(=O)Nc1ccn(C2CC2)n1.CC(O)c1cc(NC(=O)OC(C)(C)C)nn1C1CC1. The van der Waals surface area contributed by atoms with E-state index in [-0.39, 0.29) is 0 Å². The van der Waals surface area contributed by atoms with E-state index in [0.717, 1.165) is 12.8 Å². The van der Waals surface area contributed by atoms with Gasteiger partial charge in [0.1, 0.15) is 11.2 Å². The summed E-state index contributed by atoms with van der Waals surface area (Å²) in [5.74, 6) is 0.957. The molecule has 2 aliphatic carbocycles. The fourth-order valence-electron chi connectivity index (χ4n) is 3.16. The van der Waals surface area contributed by atoms with Crippen molar-refractivity contribution in [1.29, 1.82) is 0 Å². The second kappa shape index (κ2) is 10.3. The van der Waals surface area contributed by atoms with Crippen molar-refractivity contribution in [2.75, 3.05) is 10.6 Å². The lowest BCUT2D eigenvalue weighted by Gasteiger charge is -2.19. The number of aliphatic hydroxyl groups is 1. The highest BCUT2D eigenvalue weighted by Gasteiger charge is 2.29. The van der Waals surface area contributed by atoms with Gasteiger partial charge in [0.05, 0.1) is 23.9 Å². The Hall–Kier alpha value is -3.08. The van der Waals surface area contributed by atoms with Gasteiger partial charge in [-0.1, -0.05) is 0 Å². The second-order valence-electron chi connectivity index (χ2n) is 11.0. The number of amides is 2.